The van der Waals surface area contributed by atoms with Gasteiger partial charge in [0.05, 0.1) is 17.0 Å². The molecular weight excluding hydrogens is 367 g/mol. The predicted octanol–water partition coefficient (Wildman–Crippen LogP) is 4.00. The molecule has 29 heavy (non-hydrogen) atoms. The zero-order valence-electron chi connectivity index (χ0n) is 16.7. The fourth-order valence-electron chi connectivity index (χ4n) is 5.32. The Kier molecular flexibility index (Phi) is 4.21. The monoisotopic (exact) mass is 392 g/mol. The quantitative estimate of drug-likeness (QED) is 0.708. The molecule has 0 radical (unpaired) electrons. The van der Waals surface area contributed by atoms with Crippen LogP contribution in [0.2, 0.25) is 0 Å². The summed E-state index contributed by atoms with van der Waals surface area (Å²) in [5.74, 6) is 1.36. The normalized spacial score (nSPS) is 25.7. The Morgan fingerprint density at radius 1 is 1.21 bits per heavy atom. The molecule has 0 spiro atoms. The van der Waals surface area contributed by atoms with Gasteiger partial charge in [-0.05, 0) is 73.9 Å². The minimum Gasteiger partial charge on any atom is -0.327 e. The molecule has 1 heterocycles. The number of nitrogens with zero attached hydrogens (tertiary/aromatic N) is 2. The number of rotatable bonds is 3. The van der Waals surface area contributed by atoms with Crippen LogP contribution in [0.1, 0.15) is 24.8 Å². The van der Waals surface area contributed by atoms with E-state index in [0.29, 0.717) is 17.4 Å². The number of benzene rings is 2. The van der Waals surface area contributed by atoms with Gasteiger partial charge in [0.1, 0.15) is 11.6 Å². The number of aromatic nitrogens is 2. The summed E-state index contributed by atoms with van der Waals surface area (Å²) in [5.41, 5.74) is 10.5. The van der Waals surface area contributed by atoms with E-state index < -0.39 is 0 Å². The van der Waals surface area contributed by atoms with Gasteiger partial charge in [0.15, 0.2) is 0 Å². The first-order valence-electron chi connectivity index (χ1n) is 10.2. The van der Waals surface area contributed by atoms with Gasteiger partial charge in [-0.15, -0.1) is 0 Å². The second kappa shape index (κ2) is 6.66. The SMILES string of the molecule is Cc1cc(-c2nc3cc(F)ccc3n2C)ccc1NC(=O)C1C2CCC(C2)C1N. The van der Waals surface area contributed by atoms with Gasteiger partial charge in [0.2, 0.25) is 5.91 Å². The largest absolute Gasteiger partial charge is 0.327 e. The molecule has 3 aromatic rings. The maximum Gasteiger partial charge on any atom is 0.229 e. The Balaban J connectivity index is 1.41. The van der Waals surface area contributed by atoms with Crippen LogP contribution in [0.15, 0.2) is 36.4 Å². The van der Waals surface area contributed by atoms with Crippen LogP contribution in [-0.2, 0) is 11.8 Å². The topological polar surface area (TPSA) is 72.9 Å². The molecule has 0 aliphatic heterocycles. The number of fused-ring (bicyclic) bond motifs is 3. The lowest BCUT2D eigenvalue weighted by atomic mass is 9.84. The lowest BCUT2D eigenvalue weighted by molar-refractivity contribution is -0.121. The molecular formula is C23H25FN4O. The Morgan fingerprint density at radius 3 is 2.72 bits per heavy atom. The molecule has 6 heteroatoms. The number of nitrogens with two attached hydrogens (primary N) is 1. The summed E-state index contributed by atoms with van der Waals surface area (Å²) in [6.07, 6.45) is 3.36. The average Bonchev–Trinajstić information content (AvgIpc) is 3.36. The molecule has 0 saturated heterocycles. The molecule has 2 saturated carbocycles. The van der Waals surface area contributed by atoms with Crippen molar-refractivity contribution in [3.8, 4) is 11.4 Å². The van der Waals surface area contributed by atoms with Crippen molar-refractivity contribution in [2.24, 2.45) is 30.5 Å². The van der Waals surface area contributed by atoms with Gasteiger partial charge in [-0.1, -0.05) is 0 Å². The maximum atomic E-state index is 13.5. The van der Waals surface area contributed by atoms with Crippen molar-refractivity contribution in [2.45, 2.75) is 32.2 Å². The first-order chi connectivity index (χ1) is 13.9. The molecule has 5 rings (SSSR count). The number of hydrogen-bond donors (Lipinski definition) is 2. The fraction of sp³-hybridized carbons (Fsp3) is 0.391. The standard InChI is InChI=1S/C23H25FN4O/c1-12-9-15(22-26-18-11-16(24)6-8-19(18)28(22)2)5-7-17(12)27-23(29)20-13-3-4-14(10-13)21(20)25/h5-9,11,13-14,20-21H,3-4,10,25H2,1-2H3,(H,27,29). The van der Waals surface area contributed by atoms with Gasteiger partial charge >= 0.3 is 0 Å². The second-order valence-electron chi connectivity index (χ2n) is 8.58. The zero-order chi connectivity index (χ0) is 20.3. The molecule has 3 N–H and O–H groups in total. The summed E-state index contributed by atoms with van der Waals surface area (Å²) >= 11 is 0. The van der Waals surface area contributed by atoms with Gasteiger partial charge in [-0.2, -0.15) is 0 Å². The number of anilines is 1. The maximum absolute atomic E-state index is 13.5. The van der Waals surface area contributed by atoms with Crippen LogP contribution in [0.5, 0.6) is 0 Å². The van der Waals surface area contributed by atoms with E-state index in [0.717, 1.165) is 47.4 Å². The number of carbonyl (C=O) groups excluding carboxylic acids is 1. The van der Waals surface area contributed by atoms with E-state index >= 15 is 0 Å². The number of hydrogen-bond acceptors (Lipinski definition) is 3. The van der Waals surface area contributed by atoms with Crippen molar-refractivity contribution in [1.29, 1.82) is 0 Å². The summed E-state index contributed by atoms with van der Waals surface area (Å²) < 4.78 is 15.5. The van der Waals surface area contributed by atoms with Crippen molar-refractivity contribution in [2.75, 3.05) is 5.32 Å². The lowest BCUT2D eigenvalue weighted by Crippen LogP contribution is -2.42. The molecule has 1 amide bonds. The van der Waals surface area contributed by atoms with E-state index in [4.69, 9.17) is 5.73 Å². The molecule has 2 aliphatic rings. The smallest absolute Gasteiger partial charge is 0.229 e. The Bertz CT molecular complexity index is 1120. The Morgan fingerprint density at radius 2 is 2.00 bits per heavy atom. The fourth-order valence-corrected chi connectivity index (χ4v) is 5.32. The van der Waals surface area contributed by atoms with E-state index in [1.54, 1.807) is 6.07 Å². The highest BCUT2D eigenvalue weighted by molar-refractivity contribution is 5.94. The van der Waals surface area contributed by atoms with Crippen LogP contribution in [0.25, 0.3) is 22.4 Å². The van der Waals surface area contributed by atoms with E-state index in [1.165, 1.54) is 12.1 Å². The lowest BCUT2D eigenvalue weighted by Gasteiger charge is -2.27. The number of carbonyl (C=O) groups is 1. The summed E-state index contributed by atoms with van der Waals surface area (Å²) in [4.78, 5) is 17.5. The van der Waals surface area contributed by atoms with E-state index in [-0.39, 0.29) is 23.7 Å². The summed E-state index contributed by atoms with van der Waals surface area (Å²) in [5, 5.41) is 3.10. The number of aryl methyl sites for hydroxylation is 2. The van der Waals surface area contributed by atoms with Gasteiger partial charge in [0.25, 0.3) is 0 Å². The average molecular weight is 392 g/mol. The highest BCUT2D eigenvalue weighted by atomic mass is 19.1. The molecule has 150 valence electrons. The first kappa shape index (κ1) is 18.3. The molecule has 5 nitrogen and oxygen atoms in total. The van der Waals surface area contributed by atoms with Crippen molar-refractivity contribution in [3.63, 3.8) is 0 Å². The van der Waals surface area contributed by atoms with Crippen molar-refractivity contribution in [1.82, 2.24) is 9.55 Å². The second-order valence-corrected chi connectivity index (χ2v) is 8.58. The molecule has 4 atom stereocenters. The Labute approximate surface area is 169 Å². The molecule has 2 bridgehead atoms. The zero-order valence-corrected chi connectivity index (χ0v) is 16.7. The van der Waals surface area contributed by atoms with Gasteiger partial charge < -0.3 is 15.6 Å². The van der Waals surface area contributed by atoms with Crippen LogP contribution < -0.4 is 11.1 Å². The van der Waals surface area contributed by atoms with Gasteiger partial charge in [0, 0.05) is 30.4 Å². The first-order valence-corrected chi connectivity index (χ1v) is 10.2. The van der Waals surface area contributed by atoms with Crippen LogP contribution in [0.4, 0.5) is 10.1 Å². The molecule has 2 fully saturated rings. The van der Waals surface area contributed by atoms with Crippen molar-refractivity contribution in [3.05, 3.63) is 47.8 Å². The number of nitrogens with one attached hydrogen (secondary N) is 1. The van der Waals surface area contributed by atoms with Crippen LogP contribution >= 0.6 is 0 Å². The van der Waals surface area contributed by atoms with Crippen LogP contribution in [0, 0.1) is 30.5 Å². The highest BCUT2D eigenvalue weighted by Crippen LogP contribution is 2.48. The number of halogens is 1. The number of imidazole rings is 1. The van der Waals surface area contributed by atoms with E-state index in [2.05, 4.69) is 10.3 Å². The summed E-state index contributed by atoms with van der Waals surface area (Å²) in [7, 11) is 1.92. The third kappa shape index (κ3) is 2.94. The van der Waals surface area contributed by atoms with Crippen LogP contribution in [-0.4, -0.2) is 21.5 Å². The molecule has 2 aromatic carbocycles. The minimum absolute atomic E-state index is 0.0197. The third-order valence-corrected chi connectivity index (χ3v) is 6.87. The highest BCUT2D eigenvalue weighted by Gasteiger charge is 2.49. The number of amides is 1. The molecule has 2 aliphatic carbocycles. The minimum atomic E-state index is -0.296. The summed E-state index contributed by atoms with van der Waals surface area (Å²) in [6.45, 7) is 1.97. The predicted molar refractivity (Wildman–Crippen MR) is 112 cm³/mol. The summed E-state index contributed by atoms with van der Waals surface area (Å²) in [6, 6.07) is 10.5. The van der Waals surface area contributed by atoms with E-state index in [9.17, 15) is 9.18 Å². The van der Waals surface area contributed by atoms with Crippen molar-refractivity contribution < 1.29 is 9.18 Å². The van der Waals surface area contributed by atoms with Gasteiger partial charge in [-0.3, -0.25) is 4.79 Å². The molecule has 4 unspecified atom stereocenters. The van der Waals surface area contributed by atoms with Crippen molar-refractivity contribution >= 4 is 22.6 Å². The van der Waals surface area contributed by atoms with Crippen LogP contribution in [0.3, 0.4) is 0 Å². The Hall–Kier alpha value is -2.73. The van der Waals surface area contributed by atoms with Gasteiger partial charge in [-0.25, -0.2) is 9.37 Å². The third-order valence-electron chi connectivity index (χ3n) is 6.87. The molecule has 1 aromatic heterocycles. The van der Waals surface area contributed by atoms with E-state index in [1.807, 2.05) is 36.7 Å².